The Labute approximate surface area is 51.8 Å². The van der Waals surface area contributed by atoms with Gasteiger partial charge in [-0.2, -0.15) is 0 Å². The van der Waals surface area contributed by atoms with Crippen LogP contribution < -0.4 is 0 Å². The zero-order valence-electron chi connectivity index (χ0n) is 4.44. The van der Waals surface area contributed by atoms with Gasteiger partial charge in [-0.15, -0.1) is 0 Å². The molecule has 2 heteroatoms. The van der Waals surface area contributed by atoms with Crippen molar-refractivity contribution in [2.24, 2.45) is 0 Å². The Morgan fingerprint density at radius 2 is 2.33 bits per heavy atom. The third kappa shape index (κ3) is 4.76. The van der Waals surface area contributed by atoms with E-state index >= 15 is 0 Å². The fourth-order valence-electron chi connectivity index (χ4n) is 0.418. The molecule has 1 nitrogen and oxygen atoms in total. The van der Waals surface area contributed by atoms with Crippen LogP contribution in [-0.4, -0.2) is 31.8 Å². The summed E-state index contributed by atoms with van der Waals surface area (Å²) in [5, 5.41) is 8.65. The first-order chi connectivity index (χ1) is 2.77. The van der Waals surface area contributed by atoms with Crippen LogP contribution in [0.2, 0.25) is 0 Å². The van der Waals surface area contributed by atoms with Gasteiger partial charge in [0, 0.05) is 0 Å². The predicted molar refractivity (Wildman–Crippen MR) is 30.9 cm³/mol. The van der Waals surface area contributed by atoms with Gasteiger partial charge in [0.25, 0.3) is 0 Å². The summed E-state index contributed by atoms with van der Waals surface area (Å²) >= 11 is 0.486. The van der Waals surface area contributed by atoms with Crippen molar-refractivity contribution in [1.82, 2.24) is 0 Å². The van der Waals surface area contributed by atoms with Crippen LogP contribution in [0.4, 0.5) is 0 Å². The van der Waals surface area contributed by atoms with E-state index in [1.807, 2.05) is 0 Å². The first-order valence-corrected chi connectivity index (χ1v) is 5.75. The molecule has 0 radical (unpaired) electrons. The van der Waals surface area contributed by atoms with Gasteiger partial charge in [0.1, 0.15) is 0 Å². The Hall–Kier alpha value is 0.759. The van der Waals surface area contributed by atoms with Gasteiger partial charge >= 0.3 is 51.5 Å². The molecule has 6 heavy (non-hydrogen) atoms. The molecule has 1 unspecified atom stereocenters. The van der Waals surface area contributed by atoms with Crippen molar-refractivity contribution < 1.29 is 5.11 Å². The van der Waals surface area contributed by atoms with E-state index in [9.17, 15) is 0 Å². The summed E-state index contributed by atoms with van der Waals surface area (Å²) in [5.41, 5.74) is 0. The molecule has 0 fully saturated rings. The minimum atomic E-state index is 0.108. The number of hydrogen-bond acceptors (Lipinski definition) is 1. The standard InChI is InChI=1S/C4H9O.Sn.3H/c1-2-3-4-5;;;;/h4-5H,2-3H2,1H3;;;;. The van der Waals surface area contributed by atoms with E-state index in [0.29, 0.717) is 22.5 Å². The van der Waals surface area contributed by atoms with E-state index in [0.717, 1.165) is 12.8 Å². The molecule has 0 aromatic carbocycles. The third-order valence-electron chi connectivity index (χ3n) is 0.706. The van der Waals surface area contributed by atoms with Crippen LogP contribution >= 0.6 is 0 Å². The summed E-state index contributed by atoms with van der Waals surface area (Å²) in [6.45, 7) is 2.10. The maximum atomic E-state index is 8.65. The molecule has 0 aliphatic carbocycles. The second-order valence-electron chi connectivity index (χ2n) is 1.64. The van der Waals surface area contributed by atoms with E-state index in [-0.39, 0.29) is 4.12 Å². The maximum absolute atomic E-state index is 8.65. The molecule has 0 aromatic heterocycles. The molecule has 0 rings (SSSR count). The number of hydrogen-bond donors (Lipinski definition) is 1. The molecule has 0 bridgehead atoms. The summed E-state index contributed by atoms with van der Waals surface area (Å²) < 4.78 is 0.108. The van der Waals surface area contributed by atoms with Gasteiger partial charge in [-0.1, -0.05) is 0 Å². The molecule has 1 N–H and O–H groups in total. The Balaban J connectivity index is 2.63. The normalized spacial score (nSPS) is 15.0. The molecule has 0 spiro atoms. The second kappa shape index (κ2) is 3.93. The molecule has 0 aliphatic rings. The van der Waals surface area contributed by atoms with E-state index in [1.165, 1.54) is 0 Å². The van der Waals surface area contributed by atoms with Crippen LogP contribution in [0.5, 0.6) is 0 Å². The van der Waals surface area contributed by atoms with Gasteiger partial charge < -0.3 is 0 Å². The molecule has 38 valence electrons. The van der Waals surface area contributed by atoms with Gasteiger partial charge in [0.05, 0.1) is 0 Å². The van der Waals surface area contributed by atoms with Crippen LogP contribution in [0.25, 0.3) is 0 Å². The van der Waals surface area contributed by atoms with E-state index in [4.69, 9.17) is 5.11 Å². The zero-order chi connectivity index (χ0) is 4.99. The van der Waals surface area contributed by atoms with Crippen molar-refractivity contribution in [3.05, 3.63) is 0 Å². The molecule has 0 aliphatic heterocycles. The Kier molecular flexibility index (Phi) is 4.43. The van der Waals surface area contributed by atoms with Crippen molar-refractivity contribution >= 4 is 22.5 Å². The molecule has 0 saturated carbocycles. The van der Waals surface area contributed by atoms with Crippen LogP contribution in [0.3, 0.4) is 0 Å². The summed E-state index contributed by atoms with van der Waals surface area (Å²) in [7, 11) is 0. The molecular formula is C4H12OSn. The summed E-state index contributed by atoms with van der Waals surface area (Å²) in [6.07, 6.45) is 2.16. The first-order valence-electron chi connectivity index (χ1n) is 2.45. The molecule has 0 saturated heterocycles. The van der Waals surface area contributed by atoms with Crippen molar-refractivity contribution in [1.29, 1.82) is 0 Å². The fraction of sp³-hybridized carbons (Fsp3) is 1.00. The fourth-order valence-corrected chi connectivity index (χ4v) is 2.07. The Morgan fingerprint density at radius 1 is 1.83 bits per heavy atom. The van der Waals surface area contributed by atoms with Gasteiger partial charge in [-0.05, 0) is 0 Å². The van der Waals surface area contributed by atoms with Crippen molar-refractivity contribution in [2.75, 3.05) is 0 Å². The summed E-state index contributed by atoms with van der Waals surface area (Å²) in [5.74, 6) is 0. The first kappa shape index (κ1) is 6.76. The molecule has 0 amide bonds. The number of rotatable bonds is 2. The SMILES string of the molecule is CCC[CH](O)[SnH3]. The van der Waals surface area contributed by atoms with Crippen LogP contribution in [0, 0.1) is 0 Å². The van der Waals surface area contributed by atoms with Gasteiger partial charge in [0.15, 0.2) is 0 Å². The van der Waals surface area contributed by atoms with Gasteiger partial charge in [-0.3, -0.25) is 0 Å². The van der Waals surface area contributed by atoms with Gasteiger partial charge in [0.2, 0.25) is 0 Å². The quantitative estimate of drug-likeness (QED) is 0.587. The molecule has 0 heterocycles. The second-order valence-corrected chi connectivity index (χ2v) is 5.44. The molecular weight excluding hydrogens is 183 g/mol. The predicted octanol–water partition coefficient (Wildman–Crippen LogP) is -0.530. The Bertz CT molecular complexity index is 28.7. The van der Waals surface area contributed by atoms with Crippen LogP contribution in [0.15, 0.2) is 0 Å². The minimum absolute atomic E-state index is 0.108. The van der Waals surface area contributed by atoms with E-state index in [2.05, 4.69) is 6.92 Å². The topological polar surface area (TPSA) is 20.2 Å². The number of aliphatic hydroxyl groups is 1. The van der Waals surface area contributed by atoms with Crippen molar-refractivity contribution in [3.8, 4) is 0 Å². The van der Waals surface area contributed by atoms with Crippen molar-refractivity contribution in [2.45, 2.75) is 23.9 Å². The number of aliphatic hydroxyl groups excluding tert-OH is 1. The van der Waals surface area contributed by atoms with Gasteiger partial charge in [-0.25, -0.2) is 0 Å². The average Bonchev–Trinajstić information content (AvgIpc) is 1.35. The third-order valence-corrected chi connectivity index (χ3v) is 2.35. The van der Waals surface area contributed by atoms with Crippen LogP contribution in [0.1, 0.15) is 19.8 Å². The van der Waals surface area contributed by atoms with E-state index < -0.39 is 0 Å². The Morgan fingerprint density at radius 3 is 2.33 bits per heavy atom. The monoisotopic (exact) mass is 196 g/mol. The van der Waals surface area contributed by atoms with Crippen molar-refractivity contribution in [3.63, 3.8) is 0 Å². The average molecular weight is 195 g/mol. The van der Waals surface area contributed by atoms with Crippen LogP contribution in [-0.2, 0) is 0 Å². The van der Waals surface area contributed by atoms with E-state index in [1.54, 1.807) is 0 Å². The summed E-state index contributed by atoms with van der Waals surface area (Å²) in [4.78, 5) is 0. The summed E-state index contributed by atoms with van der Waals surface area (Å²) in [6, 6.07) is 0. The zero-order valence-corrected chi connectivity index (χ0v) is 10.1. The molecule has 1 atom stereocenters. The molecule has 0 aromatic rings.